The third kappa shape index (κ3) is 3.51. The van der Waals surface area contributed by atoms with Crippen molar-refractivity contribution in [1.29, 1.82) is 0 Å². The number of amides is 2. The van der Waals surface area contributed by atoms with E-state index in [4.69, 9.17) is 0 Å². The summed E-state index contributed by atoms with van der Waals surface area (Å²) in [6.07, 6.45) is 0.229. The fourth-order valence-electron chi connectivity index (χ4n) is 2.54. The molecule has 3 N–H and O–H groups in total. The van der Waals surface area contributed by atoms with Gasteiger partial charge in [-0.25, -0.2) is 0 Å². The molecule has 1 heterocycles. The average Bonchev–Trinajstić information content (AvgIpc) is 2.91. The molecule has 2 amide bonds. The monoisotopic (exact) mass is 309 g/mol. The predicted octanol–water partition coefficient (Wildman–Crippen LogP) is 2.89. The number of carbonyl (C=O) groups excluding carboxylic acids is 2. The Hall–Kier alpha value is -2.82. The van der Waals surface area contributed by atoms with Gasteiger partial charge in [0.25, 0.3) is 0 Å². The largest absolute Gasteiger partial charge is 0.356 e. The molecule has 0 aromatic heterocycles. The number of hydrogen-bond donors (Lipinski definition) is 3. The Morgan fingerprint density at radius 1 is 1.00 bits per heavy atom. The lowest BCUT2D eigenvalue weighted by Gasteiger charge is -2.20. The van der Waals surface area contributed by atoms with Crippen LogP contribution in [0, 0.1) is 5.41 Å². The normalized spacial score (nSPS) is 20.0. The highest BCUT2D eigenvalue weighted by molar-refractivity contribution is 6.00. The Morgan fingerprint density at radius 2 is 1.61 bits per heavy atom. The lowest BCUT2D eigenvalue weighted by molar-refractivity contribution is -0.126. The molecule has 23 heavy (non-hydrogen) atoms. The molecule has 5 nitrogen and oxygen atoms in total. The summed E-state index contributed by atoms with van der Waals surface area (Å²) in [6, 6.07) is 17.4. The Labute approximate surface area is 135 Å². The number of para-hydroxylation sites is 1. The van der Waals surface area contributed by atoms with Crippen molar-refractivity contribution < 1.29 is 9.59 Å². The molecule has 1 atom stereocenters. The summed E-state index contributed by atoms with van der Waals surface area (Å²) in [4.78, 5) is 23.7. The summed E-state index contributed by atoms with van der Waals surface area (Å²) >= 11 is 0. The molecule has 1 aliphatic heterocycles. The molecular formula is C18H19N3O2. The van der Waals surface area contributed by atoms with Gasteiger partial charge in [-0.05, 0) is 43.3 Å². The summed E-state index contributed by atoms with van der Waals surface area (Å²) in [5.74, 6) is -0.218. The van der Waals surface area contributed by atoms with E-state index >= 15 is 0 Å². The molecule has 2 aromatic carbocycles. The van der Waals surface area contributed by atoms with E-state index in [0.29, 0.717) is 12.2 Å². The van der Waals surface area contributed by atoms with Crippen molar-refractivity contribution in [2.45, 2.75) is 13.3 Å². The van der Waals surface area contributed by atoms with Crippen LogP contribution in [0.3, 0.4) is 0 Å². The molecule has 1 aliphatic rings. The Morgan fingerprint density at radius 3 is 2.22 bits per heavy atom. The molecule has 0 spiro atoms. The molecular weight excluding hydrogens is 290 g/mol. The first kappa shape index (κ1) is 15.1. The van der Waals surface area contributed by atoms with Gasteiger partial charge in [0.1, 0.15) is 0 Å². The lowest BCUT2D eigenvalue weighted by atomic mass is 9.88. The third-order valence-corrected chi connectivity index (χ3v) is 3.98. The van der Waals surface area contributed by atoms with E-state index < -0.39 is 5.41 Å². The number of anilines is 3. The molecule has 118 valence electrons. The summed E-state index contributed by atoms with van der Waals surface area (Å²) in [7, 11) is 0. The van der Waals surface area contributed by atoms with Gasteiger partial charge in [0, 0.05) is 30.0 Å². The third-order valence-electron chi connectivity index (χ3n) is 3.98. The smallest absolute Gasteiger partial charge is 0.232 e. The highest BCUT2D eigenvalue weighted by atomic mass is 16.2. The first-order valence-electron chi connectivity index (χ1n) is 7.55. The second-order valence-corrected chi connectivity index (χ2v) is 6.04. The fraction of sp³-hybridized carbons (Fsp3) is 0.222. The maximum absolute atomic E-state index is 12.3. The maximum atomic E-state index is 12.3. The van der Waals surface area contributed by atoms with E-state index in [1.54, 1.807) is 6.92 Å². The Kier molecular flexibility index (Phi) is 4.02. The zero-order valence-corrected chi connectivity index (χ0v) is 12.9. The van der Waals surface area contributed by atoms with E-state index in [0.717, 1.165) is 11.4 Å². The summed E-state index contributed by atoms with van der Waals surface area (Å²) in [5, 5.41) is 8.87. The van der Waals surface area contributed by atoms with Crippen LogP contribution in [0.25, 0.3) is 0 Å². The van der Waals surface area contributed by atoms with Gasteiger partial charge < -0.3 is 16.0 Å². The first-order valence-corrected chi connectivity index (χ1v) is 7.55. The lowest BCUT2D eigenvalue weighted by Crippen LogP contribution is -2.35. The number of hydrogen-bond acceptors (Lipinski definition) is 3. The van der Waals surface area contributed by atoms with Crippen molar-refractivity contribution in [3.63, 3.8) is 0 Å². The second kappa shape index (κ2) is 6.12. The van der Waals surface area contributed by atoms with Gasteiger partial charge in [0.05, 0.1) is 5.41 Å². The average molecular weight is 309 g/mol. The fourth-order valence-corrected chi connectivity index (χ4v) is 2.54. The maximum Gasteiger partial charge on any atom is 0.232 e. The second-order valence-electron chi connectivity index (χ2n) is 6.04. The molecule has 1 fully saturated rings. The van der Waals surface area contributed by atoms with E-state index in [-0.39, 0.29) is 18.2 Å². The zero-order chi connectivity index (χ0) is 16.3. The molecule has 0 radical (unpaired) electrons. The van der Waals surface area contributed by atoms with Gasteiger partial charge in [-0.15, -0.1) is 0 Å². The highest BCUT2D eigenvalue weighted by Gasteiger charge is 2.40. The Balaban J connectivity index is 1.63. The van der Waals surface area contributed by atoms with Crippen molar-refractivity contribution in [2.75, 3.05) is 17.2 Å². The summed E-state index contributed by atoms with van der Waals surface area (Å²) < 4.78 is 0. The van der Waals surface area contributed by atoms with Crippen molar-refractivity contribution in [1.82, 2.24) is 5.32 Å². The van der Waals surface area contributed by atoms with Crippen LogP contribution in [0.5, 0.6) is 0 Å². The van der Waals surface area contributed by atoms with Crippen molar-refractivity contribution in [3.8, 4) is 0 Å². The standard InChI is InChI=1S/C18H19N3O2/c1-18(11-16(22)19-12-18)17(23)21-15-9-7-14(8-10-15)20-13-5-3-2-4-6-13/h2-10,20H,11-12H2,1H3,(H,19,22)(H,21,23). The first-order chi connectivity index (χ1) is 11.0. The van der Waals surface area contributed by atoms with Crippen LogP contribution in [-0.2, 0) is 9.59 Å². The van der Waals surface area contributed by atoms with Crippen LogP contribution in [-0.4, -0.2) is 18.4 Å². The van der Waals surface area contributed by atoms with Crippen LogP contribution in [0.15, 0.2) is 54.6 Å². The van der Waals surface area contributed by atoms with E-state index in [1.807, 2.05) is 54.6 Å². The number of nitrogens with one attached hydrogen (secondary N) is 3. The minimum Gasteiger partial charge on any atom is -0.356 e. The van der Waals surface area contributed by atoms with Crippen LogP contribution in [0.2, 0.25) is 0 Å². The molecule has 5 heteroatoms. The zero-order valence-electron chi connectivity index (χ0n) is 12.9. The summed E-state index contributed by atoms with van der Waals surface area (Å²) in [5.41, 5.74) is 1.98. The van der Waals surface area contributed by atoms with Gasteiger partial charge in [-0.3, -0.25) is 9.59 Å². The van der Waals surface area contributed by atoms with Crippen LogP contribution in [0.1, 0.15) is 13.3 Å². The molecule has 1 unspecified atom stereocenters. The van der Waals surface area contributed by atoms with Gasteiger partial charge in [-0.1, -0.05) is 18.2 Å². The minimum atomic E-state index is -0.682. The van der Waals surface area contributed by atoms with Gasteiger partial charge in [0.15, 0.2) is 0 Å². The Bertz CT molecular complexity index is 713. The highest BCUT2D eigenvalue weighted by Crippen LogP contribution is 2.27. The molecule has 0 aliphatic carbocycles. The quantitative estimate of drug-likeness (QED) is 0.813. The molecule has 0 saturated carbocycles. The topological polar surface area (TPSA) is 70.2 Å². The van der Waals surface area contributed by atoms with Crippen molar-refractivity contribution in [2.24, 2.45) is 5.41 Å². The van der Waals surface area contributed by atoms with E-state index in [9.17, 15) is 9.59 Å². The molecule has 2 aromatic rings. The van der Waals surface area contributed by atoms with Crippen molar-refractivity contribution in [3.05, 3.63) is 54.6 Å². The van der Waals surface area contributed by atoms with Crippen LogP contribution >= 0.6 is 0 Å². The number of carbonyl (C=O) groups is 2. The number of benzene rings is 2. The van der Waals surface area contributed by atoms with Crippen LogP contribution in [0.4, 0.5) is 17.1 Å². The van der Waals surface area contributed by atoms with E-state index in [2.05, 4.69) is 16.0 Å². The minimum absolute atomic E-state index is 0.0786. The van der Waals surface area contributed by atoms with Crippen LogP contribution < -0.4 is 16.0 Å². The SMILES string of the molecule is CC1(C(=O)Nc2ccc(Nc3ccccc3)cc2)CNC(=O)C1. The van der Waals surface area contributed by atoms with Gasteiger partial charge in [0.2, 0.25) is 11.8 Å². The molecule has 1 saturated heterocycles. The van der Waals surface area contributed by atoms with E-state index in [1.165, 1.54) is 0 Å². The van der Waals surface area contributed by atoms with Gasteiger partial charge >= 0.3 is 0 Å². The number of rotatable bonds is 4. The predicted molar refractivity (Wildman–Crippen MR) is 90.5 cm³/mol. The summed E-state index contributed by atoms with van der Waals surface area (Å²) in [6.45, 7) is 2.18. The van der Waals surface area contributed by atoms with Gasteiger partial charge in [-0.2, -0.15) is 0 Å². The molecule has 3 rings (SSSR count). The molecule has 0 bridgehead atoms. The van der Waals surface area contributed by atoms with Crippen molar-refractivity contribution >= 4 is 28.9 Å².